The number of nitrogens with zero attached hydrogens (tertiary/aromatic N) is 1. The van der Waals surface area contributed by atoms with Gasteiger partial charge in [0.25, 0.3) is 11.7 Å². The Bertz CT molecular complexity index is 1490. The van der Waals surface area contributed by atoms with E-state index in [-0.39, 0.29) is 11.3 Å². The van der Waals surface area contributed by atoms with Gasteiger partial charge in [0.2, 0.25) is 0 Å². The van der Waals surface area contributed by atoms with Crippen molar-refractivity contribution in [1.82, 2.24) is 0 Å². The molecule has 0 radical (unpaired) electrons. The predicted octanol–water partition coefficient (Wildman–Crippen LogP) is 6.17. The summed E-state index contributed by atoms with van der Waals surface area (Å²) in [7, 11) is 0. The summed E-state index contributed by atoms with van der Waals surface area (Å²) in [6.07, 6.45) is 0. The molecule has 1 fully saturated rings. The smallest absolute Gasteiger partial charge is 0.300 e. The minimum absolute atomic E-state index is 0.0576. The minimum Gasteiger partial charge on any atom is -0.507 e. The van der Waals surface area contributed by atoms with Gasteiger partial charge in [-0.05, 0) is 60.0 Å². The van der Waals surface area contributed by atoms with Crippen molar-refractivity contribution in [2.75, 3.05) is 11.5 Å². The fourth-order valence-corrected chi connectivity index (χ4v) is 4.66. The summed E-state index contributed by atoms with van der Waals surface area (Å²) < 4.78 is 5.69. The Labute approximate surface area is 203 Å². The Hall–Kier alpha value is -4.38. The number of fused-ring (bicyclic) bond motifs is 1. The number of benzene rings is 4. The molecule has 1 aliphatic rings. The average Bonchev–Trinajstić information content (AvgIpc) is 3.14. The third-order valence-electron chi connectivity index (χ3n) is 6.33. The number of carbonyl (C=O) groups is 2. The van der Waals surface area contributed by atoms with Crippen LogP contribution in [0.3, 0.4) is 0 Å². The molecule has 0 saturated carbocycles. The van der Waals surface area contributed by atoms with E-state index in [0.717, 1.165) is 16.3 Å². The Morgan fingerprint density at radius 2 is 1.63 bits per heavy atom. The van der Waals surface area contributed by atoms with E-state index >= 15 is 0 Å². The van der Waals surface area contributed by atoms with Crippen molar-refractivity contribution < 1.29 is 19.4 Å². The quantitative estimate of drug-likeness (QED) is 0.218. The van der Waals surface area contributed by atoms with Crippen molar-refractivity contribution in [2.24, 2.45) is 0 Å². The molecule has 5 heteroatoms. The number of ether oxygens (including phenoxy) is 1. The maximum atomic E-state index is 13.4. The highest BCUT2D eigenvalue weighted by Gasteiger charge is 2.47. The number of aliphatic hydroxyl groups excluding tert-OH is 1. The first kappa shape index (κ1) is 22.4. The predicted molar refractivity (Wildman–Crippen MR) is 138 cm³/mol. The number of amides is 1. The monoisotopic (exact) mass is 463 g/mol. The van der Waals surface area contributed by atoms with Crippen molar-refractivity contribution >= 4 is 33.9 Å². The van der Waals surface area contributed by atoms with Crippen molar-refractivity contribution in [3.63, 3.8) is 0 Å². The van der Waals surface area contributed by atoms with E-state index in [0.29, 0.717) is 29.2 Å². The zero-order valence-corrected chi connectivity index (χ0v) is 19.6. The maximum absolute atomic E-state index is 13.4. The van der Waals surface area contributed by atoms with Crippen molar-refractivity contribution in [2.45, 2.75) is 19.9 Å². The van der Waals surface area contributed by atoms with Crippen LogP contribution in [0.5, 0.6) is 5.75 Å². The third kappa shape index (κ3) is 3.95. The van der Waals surface area contributed by atoms with Gasteiger partial charge in [0.1, 0.15) is 11.5 Å². The molecule has 1 heterocycles. The zero-order chi connectivity index (χ0) is 24.5. The van der Waals surface area contributed by atoms with Crippen molar-refractivity contribution in [3.05, 3.63) is 113 Å². The number of aliphatic hydroxyl groups is 1. The van der Waals surface area contributed by atoms with Gasteiger partial charge in [-0.2, -0.15) is 0 Å². The molecule has 1 N–H and O–H groups in total. The summed E-state index contributed by atoms with van der Waals surface area (Å²) in [5, 5.41) is 13.4. The van der Waals surface area contributed by atoms with Crippen LogP contribution in [-0.4, -0.2) is 23.4 Å². The number of aryl methyl sites for hydroxylation is 1. The highest BCUT2D eigenvalue weighted by molar-refractivity contribution is 6.51. The first-order chi connectivity index (χ1) is 17.0. The molecular formula is C30H25NO4. The van der Waals surface area contributed by atoms with Crippen LogP contribution in [0.25, 0.3) is 16.5 Å². The molecule has 0 bridgehead atoms. The van der Waals surface area contributed by atoms with E-state index in [1.165, 1.54) is 4.90 Å². The molecule has 5 nitrogen and oxygen atoms in total. The summed E-state index contributed by atoms with van der Waals surface area (Å²) in [4.78, 5) is 28.3. The zero-order valence-electron chi connectivity index (χ0n) is 19.6. The molecule has 35 heavy (non-hydrogen) atoms. The van der Waals surface area contributed by atoms with Gasteiger partial charge in [-0.15, -0.1) is 0 Å². The molecule has 1 amide bonds. The molecule has 1 unspecified atom stereocenters. The van der Waals surface area contributed by atoms with Gasteiger partial charge in [0, 0.05) is 11.3 Å². The molecule has 0 aromatic heterocycles. The van der Waals surface area contributed by atoms with Gasteiger partial charge in [0.15, 0.2) is 0 Å². The summed E-state index contributed by atoms with van der Waals surface area (Å²) in [6, 6.07) is 27.2. The number of para-hydroxylation sites is 1. The number of Topliss-reactive ketones (excluding diaryl/α,β-unsaturated/α-hetero) is 1. The van der Waals surface area contributed by atoms with E-state index < -0.39 is 17.7 Å². The summed E-state index contributed by atoms with van der Waals surface area (Å²) in [6.45, 7) is 4.27. The summed E-state index contributed by atoms with van der Waals surface area (Å²) in [5.74, 6) is -0.956. The summed E-state index contributed by atoms with van der Waals surface area (Å²) in [5.41, 5.74) is 2.70. The molecule has 5 rings (SSSR count). The lowest BCUT2D eigenvalue weighted by atomic mass is 9.94. The molecule has 0 aliphatic carbocycles. The van der Waals surface area contributed by atoms with Crippen LogP contribution in [0.1, 0.15) is 29.7 Å². The Morgan fingerprint density at radius 1 is 0.886 bits per heavy atom. The fraction of sp³-hybridized carbons (Fsp3) is 0.133. The lowest BCUT2D eigenvalue weighted by molar-refractivity contribution is -0.132. The topological polar surface area (TPSA) is 66.8 Å². The molecule has 4 aromatic rings. The van der Waals surface area contributed by atoms with Crippen LogP contribution >= 0.6 is 0 Å². The van der Waals surface area contributed by atoms with Crippen LogP contribution in [-0.2, 0) is 9.59 Å². The molecule has 174 valence electrons. The molecular weight excluding hydrogens is 438 g/mol. The van der Waals surface area contributed by atoms with Gasteiger partial charge >= 0.3 is 0 Å². The van der Waals surface area contributed by atoms with Gasteiger partial charge in [-0.25, -0.2) is 0 Å². The van der Waals surface area contributed by atoms with E-state index in [4.69, 9.17) is 4.74 Å². The summed E-state index contributed by atoms with van der Waals surface area (Å²) >= 11 is 0. The number of rotatable bonds is 5. The van der Waals surface area contributed by atoms with E-state index in [1.807, 2.05) is 98.8 Å². The number of ketones is 1. The van der Waals surface area contributed by atoms with Crippen molar-refractivity contribution in [1.29, 1.82) is 0 Å². The fourth-order valence-electron chi connectivity index (χ4n) is 4.66. The Kier molecular flexibility index (Phi) is 5.83. The van der Waals surface area contributed by atoms with Crippen LogP contribution in [0, 0.1) is 6.92 Å². The van der Waals surface area contributed by atoms with Gasteiger partial charge in [-0.3, -0.25) is 14.5 Å². The lowest BCUT2D eigenvalue weighted by Crippen LogP contribution is -2.30. The molecule has 1 saturated heterocycles. The second-order valence-electron chi connectivity index (χ2n) is 8.52. The number of hydrogen-bond acceptors (Lipinski definition) is 4. The molecule has 1 aliphatic heterocycles. The minimum atomic E-state index is -0.803. The van der Waals surface area contributed by atoms with Crippen LogP contribution in [0.2, 0.25) is 0 Å². The van der Waals surface area contributed by atoms with E-state index in [2.05, 4.69) is 0 Å². The van der Waals surface area contributed by atoms with Gasteiger partial charge in [-0.1, -0.05) is 66.7 Å². The van der Waals surface area contributed by atoms with Gasteiger partial charge < -0.3 is 9.84 Å². The maximum Gasteiger partial charge on any atom is 0.300 e. The SMILES string of the molecule is CCOc1cccc(C2/C(=C(/O)c3ccc4ccccc4c3)C(=O)C(=O)N2c2ccccc2C)c1. The van der Waals surface area contributed by atoms with Gasteiger partial charge in [0.05, 0.1) is 18.2 Å². The highest BCUT2D eigenvalue weighted by atomic mass is 16.5. The largest absolute Gasteiger partial charge is 0.507 e. The normalized spacial score (nSPS) is 17.2. The first-order valence-corrected chi connectivity index (χ1v) is 11.6. The first-order valence-electron chi connectivity index (χ1n) is 11.6. The van der Waals surface area contributed by atoms with E-state index in [9.17, 15) is 14.7 Å². The molecule has 0 spiro atoms. The van der Waals surface area contributed by atoms with Crippen LogP contribution in [0.4, 0.5) is 5.69 Å². The Morgan fingerprint density at radius 3 is 2.40 bits per heavy atom. The second-order valence-corrected chi connectivity index (χ2v) is 8.52. The van der Waals surface area contributed by atoms with Crippen LogP contribution in [0.15, 0.2) is 96.6 Å². The number of hydrogen-bond donors (Lipinski definition) is 1. The van der Waals surface area contributed by atoms with Crippen molar-refractivity contribution in [3.8, 4) is 5.75 Å². The standard InChI is InChI=1S/C30H25NO4/c1-3-35-24-13-8-12-22(18-24)27-26(28(32)23-16-15-20-10-5-6-11-21(20)17-23)29(33)30(34)31(27)25-14-7-4-9-19(25)2/h4-18,27,32H,3H2,1-2H3/b28-26-. The van der Waals surface area contributed by atoms with E-state index in [1.54, 1.807) is 6.07 Å². The average molecular weight is 464 g/mol. The second kappa shape index (κ2) is 9.11. The molecule has 4 aromatic carbocycles. The highest BCUT2D eigenvalue weighted by Crippen LogP contribution is 2.43. The molecule has 1 atom stereocenters. The third-order valence-corrected chi connectivity index (χ3v) is 6.33. The Balaban J connectivity index is 1.74. The number of anilines is 1. The van der Waals surface area contributed by atoms with Crippen LogP contribution < -0.4 is 9.64 Å². The number of carbonyl (C=O) groups excluding carboxylic acids is 2. The lowest BCUT2D eigenvalue weighted by Gasteiger charge is -2.27.